The first-order valence-corrected chi connectivity index (χ1v) is 7.71. The molecule has 0 aromatic heterocycles. The van der Waals surface area contributed by atoms with Gasteiger partial charge in [0.25, 0.3) is 0 Å². The van der Waals surface area contributed by atoms with Gasteiger partial charge in [0.1, 0.15) is 0 Å². The van der Waals surface area contributed by atoms with E-state index in [1.807, 2.05) is 30.0 Å². The van der Waals surface area contributed by atoms with E-state index in [9.17, 15) is 0 Å². The van der Waals surface area contributed by atoms with Crippen LogP contribution in [0.1, 0.15) is 30.9 Å². The van der Waals surface area contributed by atoms with E-state index >= 15 is 0 Å². The molecule has 1 nitrogen and oxygen atoms in total. The van der Waals surface area contributed by atoms with Crippen LogP contribution in [0.25, 0.3) is 0 Å². The third kappa shape index (κ3) is 4.03. The molecule has 2 aromatic carbocycles. The third-order valence-corrected chi connectivity index (χ3v) is 4.26. The van der Waals surface area contributed by atoms with Gasteiger partial charge in [0.05, 0.1) is 0 Å². The maximum absolute atomic E-state index is 5.94. The van der Waals surface area contributed by atoms with Gasteiger partial charge in [-0.2, -0.15) is 0 Å². The van der Waals surface area contributed by atoms with Gasteiger partial charge in [0.15, 0.2) is 0 Å². The van der Waals surface area contributed by atoms with Crippen LogP contribution in [-0.4, -0.2) is 5.75 Å². The Labute approximate surface area is 120 Å². The Morgan fingerprint density at radius 3 is 2.32 bits per heavy atom. The van der Waals surface area contributed by atoms with Crippen LogP contribution in [-0.2, 0) is 6.42 Å². The molecule has 0 unspecified atom stereocenters. The lowest BCUT2D eigenvalue weighted by Crippen LogP contribution is -1.95. The van der Waals surface area contributed by atoms with Crippen LogP contribution in [0.5, 0.6) is 0 Å². The number of nitrogens with two attached hydrogens (primary N) is 1. The fourth-order valence-corrected chi connectivity index (χ4v) is 2.88. The molecule has 0 radical (unpaired) electrons. The molecule has 0 amide bonds. The van der Waals surface area contributed by atoms with Gasteiger partial charge in [-0.1, -0.05) is 44.2 Å². The van der Waals surface area contributed by atoms with E-state index in [1.54, 1.807) is 0 Å². The second-order valence-electron chi connectivity index (χ2n) is 5.02. The second-order valence-corrected chi connectivity index (χ2v) is 6.19. The van der Waals surface area contributed by atoms with Gasteiger partial charge >= 0.3 is 0 Å². The summed E-state index contributed by atoms with van der Waals surface area (Å²) in [6, 6.07) is 17.0. The van der Waals surface area contributed by atoms with E-state index < -0.39 is 0 Å². The van der Waals surface area contributed by atoms with Gasteiger partial charge in [-0.3, -0.25) is 0 Å². The van der Waals surface area contributed by atoms with Gasteiger partial charge in [0.2, 0.25) is 0 Å². The Balaban J connectivity index is 1.87. The topological polar surface area (TPSA) is 26.0 Å². The summed E-state index contributed by atoms with van der Waals surface area (Å²) in [5, 5.41) is 0. The van der Waals surface area contributed by atoms with E-state index in [2.05, 4.69) is 44.2 Å². The van der Waals surface area contributed by atoms with Crippen molar-refractivity contribution in [3.63, 3.8) is 0 Å². The fraction of sp³-hybridized carbons (Fsp3) is 0.294. The molecule has 0 aliphatic rings. The molecular weight excluding hydrogens is 250 g/mol. The summed E-state index contributed by atoms with van der Waals surface area (Å²) in [4.78, 5) is 1.33. The molecular formula is C17H21NS. The summed E-state index contributed by atoms with van der Waals surface area (Å²) in [7, 11) is 0. The van der Waals surface area contributed by atoms with Crippen molar-refractivity contribution in [1.29, 1.82) is 0 Å². The van der Waals surface area contributed by atoms with Crippen LogP contribution in [0.3, 0.4) is 0 Å². The predicted molar refractivity (Wildman–Crippen MR) is 85.8 cm³/mol. The van der Waals surface area contributed by atoms with Crippen molar-refractivity contribution in [3.8, 4) is 0 Å². The number of para-hydroxylation sites is 1. The van der Waals surface area contributed by atoms with Crippen molar-refractivity contribution in [3.05, 3.63) is 59.7 Å². The zero-order chi connectivity index (χ0) is 13.7. The number of nitrogen functional groups attached to an aromatic ring is 1. The van der Waals surface area contributed by atoms with E-state index in [0.717, 1.165) is 17.9 Å². The van der Waals surface area contributed by atoms with Crippen molar-refractivity contribution < 1.29 is 0 Å². The lowest BCUT2D eigenvalue weighted by Gasteiger charge is -2.07. The number of anilines is 1. The molecule has 0 aliphatic carbocycles. The van der Waals surface area contributed by atoms with Crippen LogP contribution in [0, 0.1) is 0 Å². The van der Waals surface area contributed by atoms with Crippen LogP contribution in [0.4, 0.5) is 5.69 Å². The third-order valence-electron chi connectivity index (χ3n) is 3.24. The SMILES string of the molecule is CC(C)c1ccc(SCCc2ccccc2N)cc1. The van der Waals surface area contributed by atoms with Crippen molar-refractivity contribution in [2.75, 3.05) is 11.5 Å². The highest BCUT2D eigenvalue weighted by molar-refractivity contribution is 7.99. The molecule has 0 atom stereocenters. The number of hydrogen-bond acceptors (Lipinski definition) is 2. The van der Waals surface area contributed by atoms with E-state index in [4.69, 9.17) is 5.73 Å². The van der Waals surface area contributed by atoms with Gasteiger partial charge < -0.3 is 5.73 Å². The average Bonchev–Trinajstić information content (AvgIpc) is 2.41. The Morgan fingerprint density at radius 1 is 1.00 bits per heavy atom. The standard InChI is InChI=1S/C17H21NS/c1-13(2)14-7-9-16(10-8-14)19-12-11-15-5-3-4-6-17(15)18/h3-10,13H,11-12,18H2,1-2H3. The maximum Gasteiger partial charge on any atom is 0.0346 e. The molecule has 19 heavy (non-hydrogen) atoms. The molecule has 0 bridgehead atoms. The second kappa shape index (κ2) is 6.67. The molecule has 0 spiro atoms. The number of thioether (sulfide) groups is 1. The van der Waals surface area contributed by atoms with Gasteiger partial charge in [-0.05, 0) is 41.7 Å². The predicted octanol–water partition coefficient (Wildman–Crippen LogP) is 4.73. The fourth-order valence-electron chi connectivity index (χ4n) is 1.99. The number of hydrogen-bond donors (Lipinski definition) is 1. The van der Waals surface area contributed by atoms with Crippen LogP contribution in [0.15, 0.2) is 53.4 Å². The molecule has 0 aliphatic heterocycles. The molecule has 2 aromatic rings. The Hall–Kier alpha value is -1.41. The van der Waals surface area contributed by atoms with E-state index in [1.165, 1.54) is 16.0 Å². The summed E-state index contributed by atoms with van der Waals surface area (Å²) >= 11 is 1.89. The summed E-state index contributed by atoms with van der Waals surface area (Å²) < 4.78 is 0. The van der Waals surface area contributed by atoms with Crippen LogP contribution >= 0.6 is 11.8 Å². The van der Waals surface area contributed by atoms with Gasteiger partial charge in [-0.15, -0.1) is 11.8 Å². The average molecular weight is 271 g/mol. The smallest absolute Gasteiger partial charge is 0.0346 e. The molecule has 0 heterocycles. The highest BCUT2D eigenvalue weighted by Crippen LogP contribution is 2.23. The molecule has 100 valence electrons. The first kappa shape index (κ1) is 14.0. The number of benzene rings is 2. The summed E-state index contributed by atoms with van der Waals surface area (Å²) in [5.41, 5.74) is 9.49. The van der Waals surface area contributed by atoms with Crippen molar-refractivity contribution in [2.45, 2.75) is 31.1 Å². The summed E-state index contributed by atoms with van der Waals surface area (Å²) in [6.45, 7) is 4.45. The van der Waals surface area contributed by atoms with E-state index in [0.29, 0.717) is 5.92 Å². The Morgan fingerprint density at radius 2 is 1.68 bits per heavy atom. The lowest BCUT2D eigenvalue weighted by atomic mass is 10.0. The molecule has 2 N–H and O–H groups in total. The first-order valence-electron chi connectivity index (χ1n) is 6.73. The Bertz CT molecular complexity index is 517. The minimum atomic E-state index is 0.600. The lowest BCUT2D eigenvalue weighted by molar-refractivity contribution is 0.865. The van der Waals surface area contributed by atoms with E-state index in [-0.39, 0.29) is 0 Å². The van der Waals surface area contributed by atoms with Crippen molar-refractivity contribution in [2.24, 2.45) is 0 Å². The highest BCUT2D eigenvalue weighted by Gasteiger charge is 2.01. The number of aryl methyl sites for hydroxylation is 1. The minimum absolute atomic E-state index is 0.600. The summed E-state index contributed by atoms with van der Waals surface area (Å²) in [5.74, 6) is 1.66. The molecule has 0 fully saturated rings. The van der Waals surface area contributed by atoms with Gasteiger partial charge in [0, 0.05) is 16.3 Å². The van der Waals surface area contributed by atoms with Crippen LogP contribution < -0.4 is 5.73 Å². The zero-order valence-corrected chi connectivity index (χ0v) is 12.4. The Kier molecular flexibility index (Phi) is 4.92. The minimum Gasteiger partial charge on any atom is -0.399 e. The number of rotatable bonds is 5. The quantitative estimate of drug-likeness (QED) is 0.628. The maximum atomic E-state index is 5.94. The monoisotopic (exact) mass is 271 g/mol. The molecule has 2 heteroatoms. The normalized spacial score (nSPS) is 10.9. The summed E-state index contributed by atoms with van der Waals surface area (Å²) in [6.07, 6.45) is 1.02. The zero-order valence-electron chi connectivity index (χ0n) is 11.6. The highest BCUT2D eigenvalue weighted by atomic mass is 32.2. The van der Waals surface area contributed by atoms with Crippen molar-refractivity contribution in [1.82, 2.24) is 0 Å². The largest absolute Gasteiger partial charge is 0.399 e. The molecule has 0 saturated heterocycles. The first-order chi connectivity index (χ1) is 9.16. The van der Waals surface area contributed by atoms with Crippen molar-refractivity contribution >= 4 is 17.4 Å². The molecule has 2 rings (SSSR count). The van der Waals surface area contributed by atoms with Crippen LogP contribution in [0.2, 0.25) is 0 Å². The van der Waals surface area contributed by atoms with Gasteiger partial charge in [-0.25, -0.2) is 0 Å². The molecule has 0 saturated carbocycles.